The number of aryl methyl sites for hydroxylation is 1. The molecule has 0 aliphatic heterocycles. The zero-order valence-corrected chi connectivity index (χ0v) is 9.80. The highest BCUT2D eigenvalue weighted by Crippen LogP contribution is 2.01. The van der Waals surface area contributed by atoms with Gasteiger partial charge in [0.25, 0.3) is 0 Å². The van der Waals surface area contributed by atoms with Crippen molar-refractivity contribution in [3.8, 4) is 0 Å². The molecule has 0 atom stereocenters. The van der Waals surface area contributed by atoms with Gasteiger partial charge in [0.15, 0.2) is 0 Å². The second kappa shape index (κ2) is 6.39. The highest BCUT2D eigenvalue weighted by molar-refractivity contribution is 5.91. The third-order valence-electron chi connectivity index (χ3n) is 2.30. The van der Waals surface area contributed by atoms with E-state index in [0.29, 0.717) is 12.3 Å². The minimum atomic E-state index is -0.135. The van der Waals surface area contributed by atoms with Crippen LogP contribution in [0.2, 0.25) is 0 Å². The SMILES string of the molecule is O=C(C=Cc1ccco1)NCCCc1ncn[nH]1. The van der Waals surface area contributed by atoms with Crippen molar-refractivity contribution in [1.29, 1.82) is 0 Å². The van der Waals surface area contributed by atoms with Crippen LogP contribution in [-0.4, -0.2) is 27.6 Å². The molecule has 0 aliphatic carbocycles. The number of nitrogens with one attached hydrogen (secondary N) is 2. The molecule has 2 aromatic heterocycles. The molecule has 0 aromatic carbocycles. The zero-order chi connectivity index (χ0) is 12.6. The van der Waals surface area contributed by atoms with E-state index in [1.54, 1.807) is 24.5 Å². The van der Waals surface area contributed by atoms with Crippen molar-refractivity contribution in [3.05, 3.63) is 42.4 Å². The summed E-state index contributed by atoms with van der Waals surface area (Å²) in [6.07, 6.45) is 7.70. The standard InChI is InChI=1S/C12H14N4O2/c17-12(6-5-10-3-2-8-18-10)13-7-1-4-11-14-9-15-16-11/h2-3,5-6,8-9H,1,4,7H2,(H,13,17)(H,14,15,16). The van der Waals surface area contributed by atoms with E-state index in [2.05, 4.69) is 20.5 Å². The molecule has 0 spiro atoms. The summed E-state index contributed by atoms with van der Waals surface area (Å²) in [7, 11) is 0. The van der Waals surface area contributed by atoms with Crippen LogP contribution in [0.4, 0.5) is 0 Å². The number of nitrogens with zero attached hydrogens (tertiary/aromatic N) is 2. The number of amides is 1. The maximum absolute atomic E-state index is 11.4. The fourth-order valence-corrected chi connectivity index (χ4v) is 1.42. The normalized spacial score (nSPS) is 10.9. The number of hydrogen-bond donors (Lipinski definition) is 2. The first kappa shape index (κ1) is 12.1. The Kier molecular flexibility index (Phi) is 4.29. The van der Waals surface area contributed by atoms with Crippen LogP contribution in [0.15, 0.2) is 35.2 Å². The van der Waals surface area contributed by atoms with E-state index in [0.717, 1.165) is 18.7 Å². The molecule has 0 aliphatic rings. The predicted molar refractivity (Wildman–Crippen MR) is 65.5 cm³/mol. The lowest BCUT2D eigenvalue weighted by Gasteiger charge is -2.00. The van der Waals surface area contributed by atoms with Gasteiger partial charge in [-0.15, -0.1) is 0 Å². The lowest BCUT2D eigenvalue weighted by atomic mass is 10.3. The second-order valence-corrected chi connectivity index (χ2v) is 3.68. The van der Waals surface area contributed by atoms with Crippen LogP contribution in [0, 0.1) is 0 Å². The smallest absolute Gasteiger partial charge is 0.244 e. The number of carbonyl (C=O) groups is 1. The third kappa shape index (κ3) is 3.89. The first-order valence-electron chi connectivity index (χ1n) is 5.68. The van der Waals surface area contributed by atoms with Gasteiger partial charge in [-0.2, -0.15) is 5.10 Å². The number of carbonyl (C=O) groups excluding carboxylic acids is 1. The molecular formula is C12H14N4O2. The summed E-state index contributed by atoms with van der Waals surface area (Å²) in [6, 6.07) is 3.56. The minimum absolute atomic E-state index is 0.135. The molecule has 0 saturated carbocycles. The average Bonchev–Trinajstić information content (AvgIpc) is 3.04. The zero-order valence-electron chi connectivity index (χ0n) is 9.80. The molecule has 0 saturated heterocycles. The fraction of sp³-hybridized carbons (Fsp3) is 0.250. The summed E-state index contributed by atoms with van der Waals surface area (Å²) in [5.41, 5.74) is 0. The van der Waals surface area contributed by atoms with Gasteiger partial charge in [-0.3, -0.25) is 9.89 Å². The Hall–Kier alpha value is -2.37. The van der Waals surface area contributed by atoms with Gasteiger partial charge >= 0.3 is 0 Å². The van der Waals surface area contributed by atoms with Crippen molar-refractivity contribution in [1.82, 2.24) is 20.5 Å². The van der Waals surface area contributed by atoms with Crippen molar-refractivity contribution in [2.75, 3.05) is 6.54 Å². The number of H-pyrrole nitrogens is 1. The first-order valence-corrected chi connectivity index (χ1v) is 5.68. The number of rotatable bonds is 6. The summed E-state index contributed by atoms with van der Waals surface area (Å²) in [4.78, 5) is 15.4. The summed E-state index contributed by atoms with van der Waals surface area (Å²) in [5.74, 6) is 1.35. The van der Waals surface area contributed by atoms with Crippen molar-refractivity contribution in [2.24, 2.45) is 0 Å². The molecule has 0 fully saturated rings. The van der Waals surface area contributed by atoms with E-state index in [1.807, 2.05) is 0 Å². The van der Waals surface area contributed by atoms with Crippen LogP contribution in [0.1, 0.15) is 18.0 Å². The van der Waals surface area contributed by atoms with Gasteiger partial charge < -0.3 is 9.73 Å². The van der Waals surface area contributed by atoms with Gasteiger partial charge in [0.1, 0.15) is 17.9 Å². The molecule has 2 rings (SSSR count). The molecule has 94 valence electrons. The number of aromatic amines is 1. The summed E-state index contributed by atoms with van der Waals surface area (Å²) in [6.45, 7) is 0.599. The molecule has 2 N–H and O–H groups in total. The van der Waals surface area contributed by atoms with E-state index in [4.69, 9.17) is 4.42 Å². The molecule has 2 aromatic rings. The molecule has 6 nitrogen and oxygen atoms in total. The van der Waals surface area contributed by atoms with E-state index >= 15 is 0 Å². The Morgan fingerprint density at radius 2 is 2.50 bits per heavy atom. The van der Waals surface area contributed by atoms with Crippen LogP contribution in [-0.2, 0) is 11.2 Å². The van der Waals surface area contributed by atoms with Crippen LogP contribution in [0.5, 0.6) is 0 Å². The van der Waals surface area contributed by atoms with Gasteiger partial charge in [0.05, 0.1) is 6.26 Å². The van der Waals surface area contributed by atoms with Crippen molar-refractivity contribution >= 4 is 12.0 Å². The molecule has 2 heterocycles. The van der Waals surface area contributed by atoms with E-state index < -0.39 is 0 Å². The lowest BCUT2D eigenvalue weighted by molar-refractivity contribution is -0.116. The minimum Gasteiger partial charge on any atom is -0.465 e. The fourth-order valence-electron chi connectivity index (χ4n) is 1.42. The van der Waals surface area contributed by atoms with Gasteiger partial charge in [-0.25, -0.2) is 4.98 Å². The van der Waals surface area contributed by atoms with Crippen LogP contribution in [0.25, 0.3) is 6.08 Å². The summed E-state index contributed by atoms with van der Waals surface area (Å²) in [5, 5.41) is 9.30. The first-order chi connectivity index (χ1) is 8.84. The Morgan fingerprint density at radius 1 is 1.56 bits per heavy atom. The monoisotopic (exact) mass is 246 g/mol. The summed E-state index contributed by atoms with van der Waals surface area (Å²) >= 11 is 0. The molecule has 6 heteroatoms. The van der Waals surface area contributed by atoms with Gasteiger partial charge in [-0.05, 0) is 24.6 Å². The maximum atomic E-state index is 11.4. The van der Waals surface area contributed by atoms with Crippen LogP contribution < -0.4 is 5.32 Å². The van der Waals surface area contributed by atoms with E-state index in [1.165, 1.54) is 12.4 Å². The lowest BCUT2D eigenvalue weighted by Crippen LogP contribution is -2.22. The number of aromatic nitrogens is 3. The molecule has 0 bridgehead atoms. The third-order valence-corrected chi connectivity index (χ3v) is 2.30. The van der Waals surface area contributed by atoms with Gasteiger partial charge in [-0.1, -0.05) is 0 Å². The highest BCUT2D eigenvalue weighted by atomic mass is 16.3. The molecule has 0 unspecified atom stereocenters. The van der Waals surface area contributed by atoms with Crippen molar-refractivity contribution < 1.29 is 9.21 Å². The van der Waals surface area contributed by atoms with E-state index in [9.17, 15) is 4.79 Å². The highest BCUT2D eigenvalue weighted by Gasteiger charge is 1.98. The van der Waals surface area contributed by atoms with Crippen LogP contribution in [0.3, 0.4) is 0 Å². The second-order valence-electron chi connectivity index (χ2n) is 3.68. The Bertz CT molecular complexity index is 488. The van der Waals surface area contributed by atoms with Crippen molar-refractivity contribution in [3.63, 3.8) is 0 Å². The predicted octanol–water partition coefficient (Wildman–Crippen LogP) is 1.16. The number of hydrogen-bond acceptors (Lipinski definition) is 4. The summed E-state index contributed by atoms with van der Waals surface area (Å²) < 4.78 is 5.07. The van der Waals surface area contributed by atoms with Gasteiger partial charge in [0, 0.05) is 19.0 Å². The molecule has 18 heavy (non-hydrogen) atoms. The van der Waals surface area contributed by atoms with Crippen molar-refractivity contribution in [2.45, 2.75) is 12.8 Å². The molecule has 0 radical (unpaired) electrons. The van der Waals surface area contributed by atoms with E-state index in [-0.39, 0.29) is 5.91 Å². The Labute approximate surface area is 104 Å². The number of furan rings is 1. The average molecular weight is 246 g/mol. The largest absolute Gasteiger partial charge is 0.465 e. The topological polar surface area (TPSA) is 83.8 Å². The Morgan fingerprint density at radius 3 is 3.22 bits per heavy atom. The maximum Gasteiger partial charge on any atom is 0.244 e. The molecular weight excluding hydrogens is 232 g/mol. The van der Waals surface area contributed by atoms with Crippen LogP contribution >= 0.6 is 0 Å². The Balaban J connectivity index is 1.63. The quantitative estimate of drug-likeness (QED) is 0.591. The van der Waals surface area contributed by atoms with Gasteiger partial charge in [0.2, 0.25) is 5.91 Å². The molecule has 1 amide bonds.